The monoisotopic (exact) mass is 338 g/mol. The first-order chi connectivity index (χ1) is 12.1. The number of likely N-dealkylation sites (tertiary alicyclic amines) is 1. The van der Waals surface area contributed by atoms with Crippen molar-refractivity contribution in [2.75, 3.05) is 13.1 Å². The summed E-state index contributed by atoms with van der Waals surface area (Å²) in [6.45, 7) is 3.77. The Morgan fingerprint density at radius 1 is 1.20 bits per heavy atom. The van der Waals surface area contributed by atoms with Crippen LogP contribution < -0.4 is 0 Å². The van der Waals surface area contributed by atoms with E-state index in [-0.39, 0.29) is 11.7 Å². The molecule has 0 radical (unpaired) electrons. The minimum atomic E-state index is -0.297. The smallest absolute Gasteiger partial charge is 0.274 e. The molecular weight excluding hydrogens is 319 g/mol. The van der Waals surface area contributed by atoms with Crippen molar-refractivity contribution in [1.82, 2.24) is 19.3 Å². The molecule has 6 heteroatoms. The standard InChI is InChI=1S/C19H19FN4O/c1-13-6-9-23(10-7-13)19(25)16-12-24-11-8-21-17(18(24)22-16)14-2-4-15(20)5-3-14/h2-5,8,11-13H,6-7,9-10H2,1H3. The molecule has 0 unspecified atom stereocenters. The molecule has 1 amide bonds. The number of carbonyl (C=O) groups excluding carboxylic acids is 1. The molecule has 0 bridgehead atoms. The summed E-state index contributed by atoms with van der Waals surface area (Å²) in [5, 5.41) is 0. The third kappa shape index (κ3) is 2.99. The lowest BCUT2D eigenvalue weighted by atomic mass is 9.99. The van der Waals surface area contributed by atoms with Crippen molar-refractivity contribution < 1.29 is 9.18 Å². The SMILES string of the molecule is CC1CCN(C(=O)c2cn3ccnc(-c4ccc(F)cc4)c3n2)CC1. The van der Waals surface area contributed by atoms with E-state index in [2.05, 4.69) is 16.9 Å². The Kier molecular flexibility index (Phi) is 3.95. The predicted octanol–water partition coefficient (Wildman–Crippen LogP) is 3.41. The zero-order chi connectivity index (χ0) is 17.4. The van der Waals surface area contributed by atoms with Gasteiger partial charge < -0.3 is 9.30 Å². The van der Waals surface area contributed by atoms with E-state index < -0.39 is 0 Å². The maximum atomic E-state index is 13.2. The first-order valence-electron chi connectivity index (χ1n) is 8.51. The summed E-state index contributed by atoms with van der Waals surface area (Å²) in [5.41, 5.74) is 2.42. The highest BCUT2D eigenvalue weighted by atomic mass is 19.1. The molecule has 3 heterocycles. The van der Waals surface area contributed by atoms with Crippen molar-refractivity contribution in [3.8, 4) is 11.3 Å². The van der Waals surface area contributed by atoms with Gasteiger partial charge in [0.25, 0.3) is 5.91 Å². The number of rotatable bonds is 2. The van der Waals surface area contributed by atoms with Gasteiger partial charge in [-0.15, -0.1) is 0 Å². The van der Waals surface area contributed by atoms with E-state index in [9.17, 15) is 9.18 Å². The Labute approximate surface area is 145 Å². The number of aromatic nitrogens is 3. The Morgan fingerprint density at radius 3 is 2.64 bits per heavy atom. The van der Waals surface area contributed by atoms with Gasteiger partial charge in [0.15, 0.2) is 5.65 Å². The molecule has 1 aliphatic rings. The van der Waals surface area contributed by atoms with E-state index in [1.165, 1.54) is 12.1 Å². The van der Waals surface area contributed by atoms with Crippen LogP contribution in [0.1, 0.15) is 30.3 Å². The Balaban J connectivity index is 1.69. The first kappa shape index (κ1) is 15.7. The summed E-state index contributed by atoms with van der Waals surface area (Å²) in [6, 6.07) is 6.12. The Morgan fingerprint density at radius 2 is 1.92 bits per heavy atom. The molecule has 1 aliphatic heterocycles. The van der Waals surface area contributed by atoms with Crippen LogP contribution in [0.4, 0.5) is 4.39 Å². The summed E-state index contributed by atoms with van der Waals surface area (Å²) in [4.78, 5) is 23.5. The van der Waals surface area contributed by atoms with Crippen molar-refractivity contribution in [3.05, 3.63) is 54.4 Å². The number of carbonyl (C=O) groups is 1. The van der Waals surface area contributed by atoms with Crippen molar-refractivity contribution in [2.24, 2.45) is 5.92 Å². The predicted molar refractivity (Wildman–Crippen MR) is 92.7 cm³/mol. The second-order valence-corrected chi connectivity index (χ2v) is 6.61. The molecule has 5 nitrogen and oxygen atoms in total. The highest BCUT2D eigenvalue weighted by Gasteiger charge is 2.24. The molecule has 0 spiro atoms. The van der Waals surface area contributed by atoms with E-state index in [0.717, 1.165) is 31.5 Å². The molecule has 1 fully saturated rings. The fourth-order valence-corrected chi connectivity index (χ4v) is 3.21. The van der Waals surface area contributed by atoms with Gasteiger partial charge in [-0.1, -0.05) is 6.92 Å². The van der Waals surface area contributed by atoms with E-state index in [1.54, 1.807) is 35.1 Å². The fraction of sp³-hybridized carbons (Fsp3) is 0.316. The summed E-state index contributed by atoms with van der Waals surface area (Å²) < 4.78 is 15.0. The first-order valence-corrected chi connectivity index (χ1v) is 8.51. The van der Waals surface area contributed by atoms with Crippen LogP contribution in [0.3, 0.4) is 0 Å². The lowest BCUT2D eigenvalue weighted by Crippen LogP contribution is -2.38. The number of amides is 1. The van der Waals surface area contributed by atoms with Crippen LogP contribution in [0.15, 0.2) is 42.9 Å². The largest absolute Gasteiger partial charge is 0.337 e. The molecule has 25 heavy (non-hydrogen) atoms. The lowest BCUT2D eigenvalue weighted by Gasteiger charge is -2.29. The van der Waals surface area contributed by atoms with E-state index in [0.29, 0.717) is 23.0 Å². The highest BCUT2D eigenvalue weighted by molar-refractivity contribution is 5.93. The summed E-state index contributed by atoms with van der Waals surface area (Å²) in [5.74, 6) is 0.328. The number of benzene rings is 1. The topological polar surface area (TPSA) is 50.5 Å². The third-order valence-corrected chi connectivity index (χ3v) is 4.78. The van der Waals surface area contributed by atoms with Gasteiger partial charge in [0.05, 0.1) is 0 Å². The van der Waals surface area contributed by atoms with Gasteiger partial charge in [0.2, 0.25) is 0 Å². The summed E-state index contributed by atoms with van der Waals surface area (Å²) in [6.07, 6.45) is 7.22. The minimum Gasteiger partial charge on any atom is -0.337 e. The molecule has 3 aromatic rings. The van der Waals surface area contributed by atoms with Gasteiger partial charge in [-0.2, -0.15) is 0 Å². The van der Waals surface area contributed by atoms with Crippen LogP contribution in [0.2, 0.25) is 0 Å². The molecule has 4 rings (SSSR count). The van der Waals surface area contributed by atoms with Gasteiger partial charge >= 0.3 is 0 Å². The third-order valence-electron chi connectivity index (χ3n) is 4.78. The lowest BCUT2D eigenvalue weighted by molar-refractivity contribution is 0.0692. The molecular formula is C19H19FN4O. The fourth-order valence-electron chi connectivity index (χ4n) is 3.21. The number of imidazole rings is 1. The van der Waals surface area contributed by atoms with Crippen molar-refractivity contribution in [3.63, 3.8) is 0 Å². The molecule has 0 aliphatic carbocycles. The number of nitrogens with zero attached hydrogens (tertiary/aromatic N) is 4. The van der Waals surface area contributed by atoms with Crippen LogP contribution >= 0.6 is 0 Å². The molecule has 0 N–H and O–H groups in total. The van der Waals surface area contributed by atoms with Crippen LogP contribution in [-0.2, 0) is 0 Å². The number of hydrogen-bond donors (Lipinski definition) is 0. The maximum Gasteiger partial charge on any atom is 0.274 e. The highest BCUT2D eigenvalue weighted by Crippen LogP contribution is 2.23. The normalized spacial score (nSPS) is 15.7. The van der Waals surface area contributed by atoms with Crippen LogP contribution in [0, 0.1) is 11.7 Å². The molecule has 0 atom stereocenters. The number of fused-ring (bicyclic) bond motifs is 1. The average molecular weight is 338 g/mol. The summed E-state index contributed by atoms with van der Waals surface area (Å²) >= 11 is 0. The van der Waals surface area contributed by atoms with Gasteiger partial charge in [-0.3, -0.25) is 9.78 Å². The molecule has 1 saturated heterocycles. The average Bonchev–Trinajstić information content (AvgIpc) is 3.07. The number of halogens is 1. The number of piperidine rings is 1. The molecule has 2 aromatic heterocycles. The van der Waals surface area contributed by atoms with E-state index >= 15 is 0 Å². The van der Waals surface area contributed by atoms with Crippen molar-refractivity contribution >= 4 is 11.6 Å². The molecule has 0 saturated carbocycles. The van der Waals surface area contributed by atoms with Crippen molar-refractivity contribution in [1.29, 1.82) is 0 Å². The van der Waals surface area contributed by atoms with Gasteiger partial charge in [-0.05, 0) is 43.0 Å². The summed E-state index contributed by atoms with van der Waals surface area (Å²) in [7, 11) is 0. The Hall–Kier alpha value is -2.76. The van der Waals surface area contributed by atoms with Gasteiger partial charge in [-0.25, -0.2) is 9.37 Å². The number of hydrogen-bond acceptors (Lipinski definition) is 3. The van der Waals surface area contributed by atoms with Crippen LogP contribution in [0.25, 0.3) is 16.9 Å². The molecule has 128 valence electrons. The maximum absolute atomic E-state index is 13.2. The van der Waals surface area contributed by atoms with Gasteiger partial charge in [0, 0.05) is 37.2 Å². The second kappa shape index (κ2) is 6.27. The van der Waals surface area contributed by atoms with Crippen LogP contribution in [-0.4, -0.2) is 38.3 Å². The zero-order valence-corrected chi connectivity index (χ0v) is 14.0. The van der Waals surface area contributed by atoms with Crippen LogP contribution in [0.5, 0.6) is 0 Å². The minimum absolute atomic E-state index is 0.0411. The van der Waals surface area contributed by atoms with Crippen molar-refractivity contribution in [2.45, 2.75) is 19.8 Å². The zero-order valence-electron chi connectivity index (χ0n) is 14.0. The quantitative estimate of drug-likeness (QED) is 0.719. The van der Waals surface area contributed by atoms with E-state index in [4.69, 9.17) is 0 Å². The van der Waals surface area contributed by atoms with Gasteiger partial charge in [0.1, 0.15) is 17.2 Å². The second-order valence-electron chi connectivity index (χ2n) is 6.61. The Bertz CT molecular complexity index is 911. The molecule has 1 aromatic carbocycles. The van der Waals surface area contributed by atoms with E-state index in [1.807, 2.05) is 4.90 Å².